The van der Waals surface area contributed by atoms with Crippen molar-refractivity contribution in [3.63, 3.8) is 0 Å². The molecule has 1 aliphatic heterocycles. The molecule has 5 nitrogen and oxygen atoms in total. The molecule has 0 unspecified atom stereocenters. The fraction of sp³-hybridized carbons (Fsp3) is 0.588. The van der Waals surface area contributed by atoms with Gasteiger partial charge in [0.05, 0.1) is 11.9 Å². The average Bonchev–Trinajstić information content (AvgIpc) is 3.26. The molecular formula is C17H23N3O2S. The highest BCUT2D eigenvalue weighted by atomic mass is 32.2. The zero-order valence-corrected chi connectivity index (χ0v) is 14.2. The molecule has 0 bridgehead atoms. The largest absolute Gasteiger partial charge is 0.348 e. The first kappa shape index (κ1) is 16.3. The lowest BCUT2D eigenvalue weighted by Gasteiger charge is -2.27. The fourth-order valence-corrected chi connectivity index (χ4v) is 4.49. The first-order chi connectivity index (χ1) is 11.2. The van der Waals surface area contributed by atoms with E-state index in [1.807, 2.05) is 19.1 Å². The molecule has 3 rings (SSSR count). The van der Waals surface area contributed by atoms with E-state index >= 15 is 0 Å². The lowest BCUT2D eigenvalue weighted by Crippen LogP contribution is -2.49. The summed E-state index contributed by atoms with van der Waals surface area (Å²) < 4.78 is 0. The van der Waals surface area contributed by atoms with Crippen molar-refractivity contribution in [2.24, 2.45) is 5.92 Å². The number of rotatable bonds is 4. The third kappa shape index (κ3) is 3.68. The Morgan fingerprint density at radius 1 is 1.30 bits per heavy atom. The minimum absolute atomic E-state index is 0.0503. The molecule has 2 aliphatic rings. The Kier molecular flexibility index (Phi) is 5.20. The van der Waals surface area contributed by atoms with Crippen LogP contribution in [0.25, 0.3) is 0 Å². The monoisotopic (exact) mass is 333 g/mol. The lowest BCUT2D eigenvalue weighted by molar-refractivity contribution is -0.141. The Morgan fingerprint density at radius 3 is 2.70 bits per heavy atom. The first-order valence-corrected chi connectivity index (χ1v) is 9.41. The summed E-state index contributed by atoms with van der Waals surface area (Å²) in [5.74, 6) is 1.57. The predicted octanol–water partition coefficient (Wildman–Crippen LogP) is 2.35. The maximum Gasteiger partial charge on any atom is 0.244 e. The van der Waals surface area contributed by atoms with E-state index in [2.05, 4.69) is 10.3 Å². The molecule has 2 fully saturated rings. The molecular weight excluding hydrogens is 310 g/mol. The molecule has 2 atom stereocenters. The highest BCUT2D eigenvalue weighted by Gasteiger charge is 2.38. The number of pyridine rings is 1. The van der Waals surface area contributed by atoms with Crippen LogP contribution in [-0.2, 0) is 9.59 Å². The zero-order valence-electron chi connectivity index (χ0n) is 13.4. The molecule has 1 aromatic heterocycles. The molecule has 0 aromatic carbocycles. The Balaban J connectivity index is 1.62. The number of hydrogen-bond acceptors (Lipinski definition) is 4. The van der Waals surface area contributed by atoms with Crippen molar-refractivity contribution in [1.82, 2.24) is 15.2 Å². The summed E-state index contributed by atoms with van der Waals surface area (Å²) >= 11 is 1.66. The third-order valence-corrected chi connectivity index (χ3v) is 5.75. The number of carbonyl (C=O) groups excluding carboxylic acids is 2. The van der Waals surface area contributed by atoms with E-state index in [0.717, 1.165) is 31.2 Å². The number of amides is 2. The van der Waals surface area contributed by atoms with Crippen molar-refractivity contribution >= 4 is 23.6 Å². The molecule has 124 valence electrons. The smallest absolute Gasteiger partial charge is 0.244 e. The normalized spacial score (nSPS) is 23.0. The minimum Gasteiger partial charge on any atom is -0.348 e. The van der Waals surface area contributed by atoms with Crippen molar-refractivity contribution in [3.05, 3.63) is 30.1 Å². The van der Waals surface area contributed by atoms with Crippen molar-refractivity contribution in [2.45, 2.75) is 44.7 Å². The standard InChI is InChI=1S/C17H23N3O2S/c1-12(13-6-8-18-9-7-13)19-16(21)15-10-23-11-20(15)17(22)14-4-2-3-5-14/h6-9,12,14-15H,2-5,10-11H2,1H3,(H,19,21)/t12-,15-/m1/s1. The van der Waals surface area contributed by atoms with Crippen LogP contribution in [0.5, 0.6) is 0 Å². The van der Waals surface area contributed by atoms with Gasteiger partial charge < -0.3 is 10.2 Å². The molecule has 2 amide bonds. The van der Waals surface area contributed by atoms with Crippen LogP contribution in [0.4, 0.5) is 0 Å². The minimum atomic E-state index is -0.336. The molecule has 0 spiro atoms. The van der Waals surface area contributed by atoms with Gasteiger partial charge in [-0.15, -0.1) is 11.8 Å². The van der Waals surface area contributed by atoms with E-state index in [-0.39, 0.29) is 29.8 Å². The van der Waals surface area contributed by atoms with Crippen LogP contribution in [-0.4, -0.2) is 39.4 Å². The van der Waals surface area contributed by atoms with Crippen LogP contribution >= 0.6 is 11.8 Å². The van der Waals surface area contributed by atoms with Gasteiger partial charge in [-0.05, 0) is 37.5 Å². The number of nitrogens with one attached hydrogen (secondary N) is 1. The lowest BCUT2D eigenvalue weighted by atomic mass is 10.1. The van der Waals surface area contributed by atoms with Gasteiger partial charge in [0, 0.05) is 24.1 Å². The van der Waals surface area contributed by atoms with Crippen LogP contribution in [0.1, 0.15) is 44.2 Å². The first-order valence-electron chi connectivity index (χ1n) is 8.25. The van der Waals surface area contributed by atoms with E-state index in [4.69, 9.17) is 0 Å². The van der Waals surface area contributed by atoms with E-state index in [1.54, 1.807) is 29.1 Å². The Labute approximate surface area is 141 Å². The zero-order chi connectivity index (χ0) is 16.2. The van der Waals surface area contributed by atoms with Crippen molar-refractivity contribution in [2.75, 3.05) is 11.6 Å². The average molecular weight is 333 g/mol. The number of nitrogens with zero attached hydrogens (tertiary/aromatic N) is 2. The summed E-state index contributed by atoms with van der Waals surface area (Å²) in [6.45, 7) is 1.96. The Hall–Kier alpha value is -1.56. The number of hydrogen-bond donors (Lipinski definition) is 1. The van der Waals surface area contributed by atoms with Crippen LogP contribution in [0.3, 0.4) is 0 Å². The topological polar surface area (TPSA) is 62.3 Å². The SMILES string of the molecule is C[C@@H](NC(=O)[C@H]1CSCN1C(=O)C1CCCC1)c1ccncc1. The van der Waals surface area contributed by atoms with Gasteiger partial charge >= 0.3 is 0 Å². The fourth-order valence-electron chi connectivity index (χ4n) is 3.33. The molecule has 23 heavy (non-hydrogen) atoms. The third-order valence-electron chi connectivity index (χ3n) is 4.74. The second-order valence-electron chi connectivity index (χ2n) is 6.32. The molecule has 1 saturated carbocycles. The maximum absolute atomic E-state index is 12.6. The highest BCUT2D eigenvalue weighted by molar-refractivity contribution is 7.99. The number of carbonyl (C=O) groups is 2. The van der Waals surface area contributed by atoms with Gasteiger partial charge in [0.2, 0.25) is 11.8 Å². The van der Waals surface area contributed by atoms with Gasteiger partial charge in [0.15, 0.2) is 0 Å². The number of aromatic nitrogens is 1. The Morgan fingerprint density at radius 2 is 2.00 bits per heavy atom. The van der Waals surface area contributed by atoms with E-state index in [0.29, 0.717) is 11.6 Å². The van der Waals surface area contributed by atoms with Crippen molar-refractivity contribution < 1.29 is 9.59 Å². The van der Waals surface area contributed by atoms with Gasteiger partial charge in [0.1, 0.15) is 6.04 Å². The van der Waals surface area contributed by atoms with Gasteiger partial charge in [-0.3, -0.25) is 14.6 Å². The summed E-state index contributed by atoms with van der Waals surface area (Å²) in [4.78, 5) is 31.0. The summed E-state index contributed by atoms with van der Waals surface area (Å²) in [6.07, 6.45) is 7.66. The molecule has 0 radical (unpaired) electrons. The van der Waals surface area contributed by atoms with Crippen LogP contribution < -0.4 is 5.32 Å². The maximum atomic E-state index is 12.6. The van der Waals surface area contributed by atoms with Crippen LogP contribution in [0.15, 0.2) is 24.5 Å². The van der Waals surface area contributed by atoms with Gasteiger partial charge in [-0.25, -0.2) is 0 Å². The van der Waals surface area contributed by atoms with E-state index in [9.17, 15) is 9.59 Å². The van der Waals surface area contributed by atoms with Crippen molar-refractivity contribution in [3.8, 4) is 0 Å². The summed E-state index contributed by atoms with van der Waals surface area (Å²) in [7, 11) is 0. The van der Waals surface area contributed by atoms with Crippen LogP contribution in [0.2, 0.25) is 0 Å². The van der Waals surface area contributed by atoms with Gasteiger partial charge in [-0.1, -0.05) is 12.8 Å². The van der Waals surface area contributed by atoms with Crippen LogP contribution in [0, 0.1) is 5.92 Å². The van der Waals surface area contributed by atoms with E-state index < -0.39 is 0 Å². The second kappa shape index (κ2) is 7.34. The summed E-state index contributed by atoms with van der Waals surface area (Å²) in [5.41, 5.74) is 1.02. The molecule has 6 heteroatoms. The molecule has 1 saturated heterocycles. The van der Waals surface area contributed by atoms with Crippen molar-refractivity contribution in [1.29, 1.82) is 0 Å². The summed E-state index contributed by atoms with van der Waals surface area (Å²) in [5, 5.41) is 3.04. The summed E-state index contributed by atoms with van der Waals surface area (Å²) in [6, 6.07) is 3.38. The second-order valence-corrected chi connectivity index (χ2v) is 7.32. The van der Waals surface area contributed by atoms with Gasteiger partial charge in [0.25, 0.3) is 0 Å². The predicted molar refractivity (Wildman–Crippen MR) is 90.7 cm³/mol. The molecule has 1 aliphatic carbocycles. The molecule has 1 N–H and O–H groups in total. The number of thioether (sulfide) groups is 1. The van der Waals surface area contributed by atoms with Gasteiger partial charge in [-0.2, -0.15) is 0 Å². The quantitative estimate of drug-likeness (QED) is 0.919. The highest BCUT2D eigenvalue weighted by Crippen LogP contribution is 2.31. The van der Waals surface area contributed by atoms with E-state index in [1.165, 1.54) is 0 Å². The Bertz CT molecular complexity index is 560. The molecule has 1 aromatic rings. The molecule has 2 heterocycles.